The van der Waals surface area contributed by atoms with E-state index in [-0.39, 0.29) is 23.5 Å². The number of aromatic hydroxyl groups is 1. The fourth-order valence-corrected chi connectivity index (χ4v) is 2.83. The Kier molecular flexibility index (Phi) is 4.27. The topological polar surface area (TPSA) is 86.6 Å². The van der Waals surface area contributed by atoms with E-state index in [1.54, 1.807) is 13.0 Å². The van der Waals surface area contributed by atoms with Gasteiger partial charge < -0.3 is 15.5 Å². The summed E-state index contributed by atoms with van der Waals surface area (Å²) in [4.78, 5) is 23.1. The Hall–Kier alpha value is -2.04. The first-order valence-corrected chi connectivity index (χ1v) is 6.79. The van der Waals surface area contributed by atoms with Crippen molar-refractivity contribution in [2.45, 2.75) is 26.2 Å². The number of carboxylic acids is 1. The van der Waals surface area contributed by atoms with Crippen LogP contribution < -0.4 is 5.32 Å². The van der Waals surface area contributed by atoms with Gasteiger partial charge in [-0.3, -0.25) is 9.59 Å². The van der Waals surface area contributed by atoms with Gasteiger partial charge in [-0.05, 0) is 49.4 Å². The SMILES string of the molecule is Cc1cc(O)ccc1C(=O)NCC1CCCC1C(=O)O. The highest BCUT2D eigenvalue weighted by atomic mass is 16.4. The molecule has 1 aromatic carbocycles. The number of benzene rings is 1. The fraction of sp³-hybridized carbons (Fsp3) is 0.467. The summed E-state index contributed by atoms with van der Waals surface area (Å²) >= 11 is 0. The van der Waals surface area contributed by atoms with Gasteiger partial charge in [-0.15, -0.1) is 0 Å². The number of amides is 1. The quantitative estimate of drug-likeness (QED) is 0.785. The number of phenols is 1. The van der Waals surface area contributed by atoms with Gasteiger partial charge in [-0.25, -0.2) is 0 Å². The molecule has 2 unspecified atom stereocenters. The summed E-state index contributed by atoms with van der Waals surface area (Å²) in [7, 11) is 0. The molecule has 5 heteroatoms. The van der Waals surface area contributed by atoms with Crippen molar-refractivity contribution >= 4 is 11.9 Å². The van der Waals surface area contributed by atoms with Crippen LogP contribution in [0.15, 0.2) is 18.2 Å². The second-order valence-electron chi connectivity index (χ2n) is 5.34. The molecule has 1 saturated carbocycles. The lowest BCUT2D eigenvalue weighted by Crippen LogP contribution is -2.33. The molecule has 0 heterocycles. The van der Waals surface area contributed by atoms with E-state index in [4.69, 9.17) is 5.11 Å². The number of hydrogen-bond donors (Lipinski definition) is 3. The molecule has 0 aliphatic heterocycles. The summed E-state index contributed by atoms with van der Waals surface area (Å²) in [5.41, 5.74) is 1.20. The largest absolute Gasteiger partial charge is 0.508 e. The number of nitrogens with one attached hydrogen (secondary N) is 1. The summed E-state index contributed by atoms with van der Waals surface area (Å²) < 4.78 is 0. The fourth-order valence-electron chi connectivity index (χ4n) is 2.83. The van der Waals surface area contributed by atoms with Crippen LogP contribution in [0.4, 0.5) is 0 Å². The molecule has 20 heavy (non-hydrogen) atoms. The molecule has 3 N–H and O–H groups in total. The molecule has 1 amide bonds. The second-order valence-corrected chi connectivity index (χ2v) is 5.34. The van der Waals surface area contributed by atoms with Gasteiger partial charge in [-0.1, -0.05) is 6.42 Å². The predicted molar refractivity (Wildman–Crippen MR) is 73.6 cm³/mol. The molecule has 108 valence electrons. The predicted octanol–water partition coefficient (Wildman–Crippen LogP) is 1.93. The highest BCUT2D eigenvalue weighted by Crippen LogP contribution is 2.31. The molecule has 0 aromatic heterocycles. The van der Waals surface area contributed by atoms with Crippen molar-refractivity contribution in [1.29, 1.82) is 0 Å². The normalized spacial score (nSPS) is 21.6. The van der Waals surface area contributed by atoms with Gasteiger partial charge in [0.1, 0.15) is 5.75 Å². The minimum atomic E-state index is -0.775. The Morgan fingerprint density at radius 1 is 1.35 bits per heavy atom. The minimum absolute atomic E-state index is 0.00821. The maximum atomic E-state index is 12.1. The molecule has 2 rings (SSSR count). The van der Waals surface area contributed by atoms with Crippen LogP contribution >= 0.6 is 0 Å². The molecular weight excluding hydrogens is 258 g/mol. The van der Waals surface area contributed by atoms with Gasteiger partial charge in [0, 0.05) is 12.1 Å². The Morgan fingerprint density at radius 3 is 2.75 bits per heavy atom. The Bertz CT molecular complexity index is 527. The molecule has 0 spiro atoms. The van der Waals surface area contributed by atoms with E-state index in [9.17, 15) is 14.7 Å². The molecule has 0 saturated heterocycles. The summed E-state index contributed by atoms with van der Waals surface area (Å²) in [6, 6.07) is 4.57. The van der Waals surface area contributed by atoms with E-state index in [0.29, 0.717) is 24.1 Å². The summed E-state index contributed by atoms with van der Waals surface area (Å²) in [5.74, 6) is -1.22. The van der Waals surface area contributed by atoms with Gasteiger partial charge in [-0.2, -0.15) is 0 Å². The lowest BCUT2D eigenvalue weighted by Gasteiger charge is -2.16. The number of rotatable bonds is 4. The Balaban J connectivity index is 1.97. The maximum Gasteiger partial charge on any atom is 0.306 e. The summed E-state index contributed by atoms with van der Waals surface area (Å²) in [6.07, 6.45) is 2.43. The van der Waals surface area contributed by atoms with E-state index in [2.05, 4.69) is 5.32 Å². The van der Waals surface area contributed by atoms with Crippen molar-refractivity contribution in [3.05, 3.63) is 29.3 Å². The van der Waals surface area contributed by atoms with E-state index >= 15 is 0 Å². The van der Waals surface area contributed by atoms with Crippen LogP contribution in [0.1, 0.15) is 35.2 Å². The van der Waals surface area contributed by atoms with Gasteiger partial charge in [0.05, 0.1) is 5.92 Å². The zero-order valence-electron chi connectivity index (χ0n) is 11.4. The van der Waals surface area contributed by atoms with Crippen LogP contribution in [0, 0.1) is 18.8 Å². The maximum absolute atomic E-state index is 12.1. The van der Waals surface area contributed by atoms with Gasteiger partial charge >= 0.3 is 5.97 Å². The lowest BCUT2D eigenvalue weighted by atomic mass is 9.96. The highest BCUT2D eigenvalue weighted by molar-refractivity contribution is 5.95. The molecule has 0 bridgehead atoms. The van der Waals surface area contributed by atoms with Crippen LogP contribution in [-0.4, -0.2) is 28.6 Å². The number of aliphatic carboxylic acids is 1. The van der Waals surface area contributed by atoms with Crippen molar-refractivity contribution in [2.24, 2.45) is 11.8 Å². The third-order valence-electron chi connectivity index (χ3n) is 3.96. The number of carbonyl (C=O) groups is 2. The molecule has 1 aliphatic carbocycles. The van der Waals surface area contributed by atoms with Crippen molar-refractivity contribution < 1.29 is 19.8 Å². The first kappa shape index (κ1) is 14.4. The molecule has 0 radical (unpaired) electrons. The highest BCUT2D eigenvalue weighted by Gasteiger charge is 2.32. The number of carbonyl (C=O) groups excluding carboxylic acids is 1. The van der Waals surface area contributed by atoms with Crippen molar-refractivity contribution in [1.82, 2.24) is 5.32 Å². The monoisotopic (exact) mass is 277 g/mol. The van der Waals surface area contributed by atoms with E-state index < -0.39 is 5.97 Å². The van der Waals surface area contributed by atoms with Gasteiger partial charge in [0.2, 0.25) is 0 Å². The molecule has 1 aromatic rings. The van der Waals surface area contributed by atoms with Crippen LogP contribution in [0.25, 0.3) is 0 Å². The third-order valence-corrected chi connectivity index (χ3v) is 3.96. The molecule has 1 fully saturated rings. The van der Waals surface area contributed by atoms with Crippen LogP contribution in [0.3, 0.4) is 0 Å². The first-order valence-electron chi connectivity index (χ1n) is 6.79. The van der Waals surface area contributed by atoms with Gasteiger partial charge in [0.25, 0.3) is 5.91 Å². The van der Waals surface area contributed by atoms with Crippen molar-refractivity contribution in [3.63, 3.8) is 0 Å². The van der Waals surface area contributed by atoms with Crippen LogP contribution in [0.5, 0.6) is 5.75 Å². The molecular formula is C15H19NO4. The Labute approximate surface area is 117 Å². The molecule has 2 atom stereocenters. The average molecular weight is 277 g/mol. The smallest absolute Gasteiger partial charge is 0.306 e. The molecule has 5 nitrogen and oxygen atoms in total. The summed E-state index contributed by atoms with van der Waals surface area (Å²) in [5, 5.41) is 21.2. The lowest BCUT2D eigenvalue weighted by molar-refractivity contribution is -0.142. The molecule has 1 aliphatic rings. The van der Waals surface area contributed by atoms with Crippen LogP contribution in [0.2, 0.25) is 0 Å². The average Bonchev–Trinajstić information content (AvgIpc) is 2.84. The van der Waals surface area contributed by atoms with Crippen molar-refractivity contribution in [2.75, 3.05) is 6.54 Å². The minimum Gasteiger partial charge on any atom is -0.508 e. The standard InChI is InChI=1S/C15H19NO4/c1-9-7-11(17)5-6-12(9)14(18)16-8-10-3-2-4-13(10)15(19)20/h5-7,10,13,17H,2-4,8H2,1H3,(H,16,18)(H,19,20). The van der Waals surface area contributed by atoms with E-state index in [1.807, 2.05) is 0 Å². The van der Waals surface area contributed by atoms with E-state index in [0.717, 1.165) is 12.8 Å². The van der Waals surface area contributed by atoms with Crippen LogP contribution in [-0.2, 0) is 4.79 Å². The number of hydrogen-bond acceptors (Lipinski definition) is 3. The second kappa shape index (κ2) is 5.94. The third kappa shape index (κ3) is 3.10. The number of aryl methyl sites for hydroxylation is 1. The Morgan fingerprint density at radius 2 is 2.10 bits per heavy atom. The van der Waals surface area contributed by atoms with Gasteiger partial charge in [0.15, 0.2) is 0 Å². The zero-order chi connectivity index (χ0) is 14.7. The van der Waals surface area contributed by atoms with E-state index in [1.165, 1.54) is 12.1 Å². The van der Waals surface area contributed by atoms with Crippen molar-refractivity contribution in [3.8, 4) is 5.75 Å². The number of phenolic OH excluding ortho intramolecular Hbond substituents is 1. The summed E-state index contributed by atoms with van der Waals surface area (Å²) in [6.45, 7) is 2.14. The first-order chi connectivity index (χ1) is 9.49. The number of carboxylic acid groups (broad SMARTS) is 1. The zero-order valence-corrected chi connectivity index (χ0v) is 11.4.